The number of carbonyl (C=O) groups is 3. The molecule has 0 aromatic heterocycles. The lowest BCUT2D eigenvalue weighted by Gasteiger charge is -2.23. The molecule has 108 valence electrons. The quantitative estimate of drug-likeness (QED) is 0.878. The molecule has 0 atom stereocenters. The zero-order chi connectivity index (χ0) is 15.3. The van der Waals surface area contributed by atoms with Crippen LogP contribution in [0.1, 0.15) is 24.2 Å². The highest BCUT2D eigenvalue weighted by molar-refractivity contribution is 6.04. The van der Waals surface area contributed by atoms with Gasteiger partial charge in [0.15, 0.2) is 0 Å². The molecule has 0 aliphatic heterocycles. The van der Waals surface area contributed by atoms with Gasteiger partial charge in [0.1, 0.15) is 6.54 Å². The third-order valence-electron chi connectivity index (χ3n) is 2.96. The number of rotatable bonds is 5. The normalized spacial score (nSPS) is 9.95. The van der Waals surface area contributed by atoms with Crippen molar-refractivity contribution in [3.8, 4) is 0 Å². The fourth-order valence-electron chi connectivity index (χ4n) is 1.78. The SMILES string of the molecule is CCN(CC(=O)O)C(=O)c1ccccc1N(C)C(C)=O. The summed E-state index contributed by atoms with van der Waals surface area (Å²) >= 11 is 0. The highest BCUT2D eigenvalue weighted by atomic mass is 16.4. The smallest absolute Gasteiger partial charge is 0.323 e. The Morgan fingerprint density at radius 3 is 2.30 bits per heavy atom. The maximum absolute atomic E-state index is 12.4. The molecule has 0 saturated heterocycles. The fraction of sp³-hybridized carbons (Fsp3) is 0.357. The molecule has 0 bridgehead atoms. The van der Waals surface area contributed by atoms with E-state index in [4.69, 9.17) is 5.11 Å². The van der Waals surface area contributed by atoms with Gasteiger partial charge < -0.3 is 14.9 Å². The van der Waals surface area contributed by atoms with Crippen LogP contribution in [0.3, 0.4) is 0 Å². The van der Waals surface area contributed by atoms with Crippen LogP contribution in [0.15, 0.2) is 24.3 Å². The van der Waals surface area contributed by atoms with E-state index in [0.29, 0.717) is 11.3 Å². The van der Waals surface area contributed by atoms with Crippen molar-refractivity contribution in [2.24, 2.45) is 0 Å². The maximum Gasteiger partial charge on any atom is 0.323 e. The van der Waals surface area contributed by atoms with Crippen molar-refractivity contribution < 1.29 is 19.5 Å². The van der Waals surface area contributed by atoms with Crippen LogP contribution in [0.2, 0.25) is 0 Å². The third kappa shape index (κ3) is 3.57. The van der Waals surface area contributed by atoms with E-state index in [2.05, 4.69) is 0 Å². The number of likely N-dealkylation sites (N-methyl/N-ethyl adjacent to an activating group) is 1. The van der Waals surface area contributed by atoms with Crippen molar-refractivity contribution in [2.45, 2.75) is 13.8 Å². The minimum Gasteiger partial charge on any atom is -0.480 e. The Bertz CT molecular complexity index is 528. The molecule has 0 aliphatic rings. The van der Waals surface area contributed by atoms with E-state index in [9.17, 15) is 14.4 Å². The van der Waals surface area contributed by atoms with Gasteiger partial charge in [-0.2, -0.15) is 0 Å². The van der Waals surface area contributed by atoms with Crippen LogP contribution in [-0.2, 0) is 9.59 Å². The number of para-hydroxylation sites is 1. The Morgan fingerprint density at radius 2 is 1.80 bits per heavy atom. The van der Waals surface area contributed by atoms with Crippen LogP contribution in [-0.4, -0.2) is 47.9 Å². The summed E-state index contributed by atoms with van der Waals surface area (Å²) in [5.41, 5.74) is 0.780. The second-order valence-electron chi connectivity index (χ2n) is 4.31. The summed E-state index contributed by atoms with van der Waals surface area (Å²) in [6.07, 6.45) is 0. The third-order valence-corrected chi connectivity index (χ3v) is 2.96. The second kappa shape index (κ2) is 6.70. The van der Waals surface area contributed by atoms with Gasteiger partial charge in [0.05, 0.1) is 11.3 Å². The molecule has 0 spiro atoms. The van der Waals surface area contributed by atoms with Crippen molar-refractivity contribution in [2.75, 3.05) is 25.0 Å². The predicted octanol–water partition coefficient (Wildman–Crippen LogP) is 1.22. The van der Waals surface area contributed by atoms with Crippen LogP contribution in [0.25, 0.3) is 0 Å². The molecule has 1 aromatic rings. The van der Waals surface area contributed by atoms with E-state index in [1.165, 1.54) is 16.7 Å². The summed E-state index contributed by atoms with van der Waals surface area (Å²) in [7, 11) is 1.57. The highest BCUT2D eigenvalue weighted by Crippen LogP contribution is 2.21. The number of hydrogen-bond donors (Lipinski definition) is 1. The van der Waals surface area contributed by atoms with Gasteiger partial charge in [0.2, 0.25) is 5.91 Å². The summed E-state index contributed by atoms with van der Waals surface area (Å²) in [4.78, 5) is 37.2. The predicted molar refractivity (Wildman–Crippen MR) is 74.7 cm³/mol. The first-order valence-corrected chi connectivity index (χ1v) is 6.22. The molecule has 0 aliphatic carbocycles. The first-order chi connectivity index (χ1) is 9.38. The standard InChI is InChI=1S/C14H18N2O4/c1-4-16(9-13(18)19)14(20)11-7-5-6-8-12(11)15(3)10(2)17/h5-8H,4,9H2,1-3H3,(H,18,19). The summed E-state index contributed by atoms with van der Waals surface area (Å²) in [5.74, 6) is -1.68. The molecular weight excluding hydrogens is 260 g/mol. The molecule has 1 N–H and O–H groups in total. The Balaban J connectivity index is 3.15. The number of carboxylic acids is 1. The van der Waals surface area contributed by atoms with Gasteiger partial charge in [-0.25, -0.2) is 0 Å². The van der Waals surface area contributed by atoms with E-state index in [0.717, 1.165) is 0 Å². The van der Waals surface area contributed by atoms with Gasteiger partial charge in [0, 0.05) is 20.5 Å². The van der Waals surface area contributed by atoms with Gasteiger partial charge >= 0.3 is 5.97 Å². The number of amides is 2. The van der Waals surface area contributed by atoms with E-state index in [1.54, 1.807) is 38.2 Å². The Labute approximate surface area is 117 Å². The van der Waals surface area contributed by atoms with Crippen LogP contribution in [0, 0.1) is 0 Å². The number of nitrogens with zero attached hydrogens (tertiary/aromatic N) is 2. The minimum atomic E-state index is -1.07. The number of hydrogen-bond acceptors (Lipinski definition) is 3. The van der Waals surface area contributed by atoms with Crippen LogP contribution in [0.5, 0.6) is 0 Å². The lowest BCUT2D eigenvalue weighted by molar-refractivity contribution is -0.137. The van der Waals surface area contributed by atoms with Crippen molar-refractivity contribution in [1.29, 1.82) is 0 Å². The van der Waals surface area contributed by atoms with Crippen molar-refractivity contribution >= 4 is 23.5 Å². The van der Waals surface area contributed by atoms with Gasteiger partial charge in [-0.1, -0.05) is 12.1 Å². The first-order valence-electron chi connectivity index (χ1n) is 6.22. The molecule has 20 heavy (non-hydrogen) atoms. The van der Waals surface area contributed by atoms with Gasteiger partial charge in [-0.05, 0) is 19.1 Å². The topological polar surface area (TPSA) is 77.9 Å². The van der Waals surface area contributed by atoms with Crippen LogP contribution >= 0.6 is 0 Å². The Morgan fingerprint density at radius 1 is 1.20 bits per heavy atom. The largest absolute Gasteiger partial charge is 0.480 e. The summed E-state index contributed by atoms with van der Waals surface area (Å²) in [5, 5.41) is 8.82. The summed E-state index contributed by atoms with van der Waals surface area (Å²) < 4.78 is 0. The van der Waals surface area contributed by atoms with Crippen molar-refractivity contribution in [3.63, 3.8) is 0 Å². The zero-order valence-electron chi connectivity index (χ0n) is 11.8. The molecule has 0 heterocycles. The van der Waals surface area contributed by atoms with E-state index in [1.807, 2.05) is 0 Å². The average molecular weight is 278 g/mol. The molecule has 0 unspecified atom stereocenters. The lowest BCUT2D eigenvalue weighted by atomic mass is 10.1. The highest BCUT2D eigenvalue weighted by Gasteiger charge is 2.21. The fourth-order valence-corrected chi connectivity index (χ4v) is 1.78. The Kier molecular flexibility index (Phi) is 5.25. The number of carbonyl (C=O) groups excluding carboxylic acids is 2. The maximum atomic E-state index is 12.4. The summed E-state index contributed by atoms with van der Waals surface area (Å²) in [6, 6.07) is 6.64. The van der Waals surface area contributed by atoms with E-state index in [-0.39, 0.29) is 19.0 Å². The molecule has 0 saturated carbocycles. The molecule has 0 fully saturated rings. The number of benzene rings is 1. The number of carboxylic acid groups (broad SMARTS) is 1. The lowest BCUT2D eigenvalue weighted by Crippen LogP contribution is -2.36. The second-order valence-corrected chi connectivity index (χ2v) is 4.31. The molecular formula is C14H18N2O4. The van der Waals surface area contributed by atoms with Crippen molar-refractivity contribution in [3.05, 3.63) is 29.8 Å². The van der Waals surface area contributed by atoms with E-state index < -0.39 is 11.9 Å². The summed E-state index contributed by atoms with van der Waals surface area (Å²) in [6.45, 7) is 3.02. The molecule has 1 rings (SSSR count). The van der Waals surface area contributed by atoms with Crippen LogP contribution in [0.4, 0.5) is 5.69 Å². The van der Waals surface area contributed by atoms with Crippen LogP contribution < -0.4 is 4.90 Å². The van der Waals surface area contributed by atoms with Gasteiger partial charge in [0.25, 0.3) is 5.91 Å². The molecule has 2 amide bonds. The number of aliphatic carboxylic acids is 1. The average Bonchev–Trinajstić information content (AvgIpc) is 2.42. The minimum absolute atomic E-state index is 0.202. The van der Waals surface area contributed by atoms with E-state index >= 15 is 0 Å². The zero-order valence-corrected chi connectivity index (χ0v) is 11.8. The number of anilines is 1. The van der Waals surface area contributed by atoms with Gasteiger partial charge in [-0.15, -0.1) is 0 Å². The molecule has 6 nitrogen and oxygen atoms in total. The van der Waals surface area contributed by atoms with Crippen molar-refractivity contribution in [1.82, 2.24) is 4.90 Å². The Hall–Kier alpha value is -2.37. The first kappa shape index (κ1) is 15.7. The monoisotopic (exact) mass is 278 g/mol. The molecule has 1 aromatic carbocycles. The van der Waals surface area contributed by atoms with Gasteiger partial charge in [-0.3, -0.25) is 14.4 Å². The molecule has 6 heteroatoms. The molecule has 0 radical (unpaired) electrons.